The molecule has 0 radical (unpaired) electrons. The molecule has 2 amide bonds. The van der Waals surface area contributed by atoms with Gasteiger partial charge in [-0.1, -0.05) is 36.4 Å². The first-order chi connectivity index (χ1) is 14.1. The number of para-hydroxylation sites is 2. The number of carbonyl (C=O) groups is 2. The lowest BCUT2D eigenvalue weighted by Gasteiger charge is -2.43. The summed E-state index contributed by atoms with van der Waals surface area (Å²) in [5.41, 5.74) is 1.35. The van der Waals surface area contributed by atoms with Crippen LogP contribution >= 0.6 is 0 Å². The number of anilines is 2. The molecule has 0 fully saturated rings. The maximum absolute atomic E-state index is 13.5. The fourth-order valence-corrected chi connectivity index (χ4v) is 4.02. The van der Waals surface area contributed by atoms with E-state index in [1.807, 2.05) is 48.5 Å². The van der Waals surface area contributed by atoms with Gasteiger partial charge in [0.05, 0.1) is 24.2 Å². The van der Waals surface area contributed by atoms with Gasteiger partial charge >= 0.3 is 0 Å². The summed E-state index contributed by atoms with van der Waals surface area (Å²) in [5, 5.41) is 0. The summed E-state index contributed by atoms with van der Waals surface area (Å²) in [6.45, 7) is 0.232. The lowest BCUT2D eigenvalue weighted by Crippen LogP contribution is -2.58. The average Bonchev–Trinajstić information content (AvgIpc) is 3.35. The van der Waals surface area contributed by atoms with Crippen molar-refractivity contribution in [2.45, 2.75) is 12.3 Å². The Bertz CT molecular complexity index is 1140. The summed E-state index contributed by atoms with van der Waals surface area (Å²) in [5.74, 6) is -0.117. The van der Waals surface area contributed by atoms with Crippen LogP contribution in [-0.2, 0) is 26.7 Å². The molecule has 2 aliphatic rings. The molecule has 29 heavy (non-hydrogen) atoms. The second-order valence-electron chi connectivity index (χ2n) is 6.97. The molecule has 0 N–H and O–H groups in total. The molecule has 0 saturated carbocycles. The second-order valence-corrected chi connectivity index (χ2v) is 6.97. The Morgan fingerprint density at radius 3 is 2.59 bits per heavy atom. The number of fused-ring (bicyclic) bond motifs is 3. The van der Waals surface area contributed by atoms with Gasteiger partial charge in [-0.25, -0.2) is 0 Å². The highest BCUT2D eigenvalue weighted by Gasteiger charge is 2.59. The Labute approximate surface area is 167 Å². The van der Waals surface area contributed by atoms with Crippen LogP contribution in [0.4, 0.5) is 11.4 Å². The SMILES string of the molecule is CN1C(=O)C2(OCc3ccccc3N2C(=O)/C=C/c2ccco2)c2ccccc21. The molecular formula is C23H18N2O4. The normalized spacial score (nSPS) is 20.4. The Morgan fingerprint density at radius 2 is 1.79 bits per heavy atom. The van der Waals surface area contributed by atoms with Gasteiger partial charge in [0.15, 0.2) is 0 Å². The van der Waals surface area contributed by atoms with Crippen molar-refractivity contribution in [3.05, 3.63) is 89.9 Å². The molecule has 6 nitrogen and oxygen atoms in total. The summed E-state index contributed by atoms with van der Waals surface area (Å²) >= 11 is 0. The number of nitrogens with zero attached hydrogens (tertiary/aromatic N) is 2. The van der Waals surface area contributed by atoms with Gasteiger partial charge in [0.2, 0.25) is 0 Å². The van der Waals surface area contributed by atoms with E-state index in [1.165, 1.54) is 17.2 Å². The van der Waals surface area contributed by atoms with Crippen LogP contribution in [0.5, 0.6) is 0 Å². The number of furan rings is 1. The maximum Gasteiger partial charge on any atom is 0.285 e. The number of ether oxygens (including phenoxy) is 1. The molecule has 3 heterocycles. The van der Waals surface area contributed by atoms with Crippen LogP contribution in [-0.4, -0.2) is 18.9 Å². The van der Waals surface area contributed by atoms with Gasteiger partial charge in [0, 0.05) is 24.3 Å². The minimum atomic E-state index is -1.54. The summed E-state index contributed by atoms with van der Waals surface area (Å²) in [6.07, 6.45) is 4.53. The quantitative estimate of drug-likeness (QED) is 0.630. The van der Waals surface area contributed by atoms with Crippen molar-refractivity contribution < 1.29 is 18.7 Å². The number of rotatable bonds is 2. The van der Waals surface area contributed by atoms with E-state index in [9.17, 15) is 9.59 Å². The highest BCUT2D eigenvalue weighted by Crippen LogP contribution is 2.49. The van der Waals surface area contributed by atoms with Crippen LogP contribution in [0.25, 0.3) is 6.08 Å². The van der Waals surface area contributed by atoms with Gasteiger partial charge in [-0.15, -0.1) is 0 Å². The van der Waals surface area contributed by atoms with Gasteiger partial charge < -0.3 is 14.1 Å². The number of carbonyl (C=O) groups excluding carboxylic acids is 2. The Balaban J connectivity index is 1.69. The largest absolute Gasteiger partial charge is 0.465 e. The number of benzene rings is 2. The summed E-state index contributed by atoms with van der Waals surface area (Å²) in [4.78, 5) is 29.9. The molecule has 1 atom stereocenters. The zero-order chi connectivity index (χ0) is 20.0. The average molecular weight is 386 g/mol. The van der Waals surface area contributed by atoms with Crippen LogP contribution in [0, 0.1) is 0 Å². The van der Waals surface area contributed by atoms with Crippen LogP contribution in [0.3, 0.4) is 0 Å². The van der Waals surface area contributed by atoms with E-state index in [-0.39, 0.29) is 18.4 Å². The fraction of sp³-hybridized carbons (Fsp3) is 0.130. The lowest BCUT2D eigenvalue weighted by atomic mass is 9.97. The Hall–Kier alpha value is -3.64. The van der Waals surface area contributed by atoms with E-state index in [2.05, 4.69) is 0 Å². The van der Waals surface area contributed by atoms with E-state index >= 15 is 0 Å². The van der Waals surface area contributed by atoms with Crippen molar-refractivity contribution >= 4 is 29.3 Å². The molecule has 0 bridgehead atoms. The molecule has 5 rings (SSSR count). The predicted molar refractivity (Wildman–Crippen MR) is 108 cm³/mol. The Morgan fingerprint density at radius 1 is 1.03 bits per heavy atom. The highest BCUT2D eigenvalue weighted by atomic mass is 16.5. The van der Waals surface area contributed by atoms with Gasteiger partial charge in [-0.3, -0.25) is 14.5 Å². The van der Waals surface area contributed by atoms with E-state index in [4.69, 9.17) is 9.15 Å². The van der Waals surface area contributed by atoms with Crippen molar-refractivity contribution in [1.82, 2.24) is 0 Å². The zero-order valence-electron chi connectivity index (χ0n) is 15.7. The third kappa shape index (κ3) is 2.46. The minimum absolute atomic E-state index is 0.232. The molecule has 0 saturated heterocycles. The Kier molecular flexibility index (Phi) is 3.89. The predicted octanol–water partition coefficient (Wildman–Crippen LogP) is 3.69. The van der Waals surface area contributed by atoms with Gasteiger partial charge in [-0.2, -0.15) is 0 Å². The van der Waals surface area contributed by atoms with Crippen molar-refractivity contribution in [2.75, 3.05) is 16.8 Å². The second kappa shape index (κ2) is 6.46. The smallest absolute Gasteiger partial charge is 0.285 e. The first kappa shape index (κ1) is 17.5. The van der Waals surface area contributed by atoms with Crippen molar-refractivity contribution in [3.8, 4) is 0 Å². The first-order valence-electron chi connectivity index (χ1n) is 9.28. The number of amides is 2. The van der Waals surface area contributed by atoms with E-state index < -0.39 is 5.72 Å². The zero-order valence-corrected chi connectivity index (χ0v) is 15.7. The third-order valence-electron chi connectivity index (χ3n) is 5.36. The van der Waals surface area contributed by atoms with E-state index in [0.717, 1.165) is 11.3 Å². The summed E-state index contributed by atoms with van der Waals surface area (Å²) in [6, 6.07) is 18.4. The molecule has 6 heteroatoms. The molecule has 3 aromatic rings. The minimum Gasteiger partial charge on any atom is -0.465 e. The monoisotopic (exact) mass is 386 g/mol. The van der Waals surface area contributed by atoms with E-state index in [0.29, 0.717) is 17.0 Å². The standard InChI is InChI=1S/C23H18N2O4/c1-24-20-11-5-3-9-18(20)23(22(24)27)25(19-10-4-2-7-16(19)15-29-23)21(26)13-12-17-8-6-14-28-17/h2-14H,15H2,1H3/b13-12+. The topological polar surface area (TPSA) is 63.0 Å². The van der Waals surface area contributed by atoms with Crippen molar-refractivity contribution in [1.29, 1.82) is 0 Å². The van der Waals surface area contributed by atoms with Gasteiger partial charge in [-0.05, 0) is 30.3 Å². The highest BCUT2D eigenvalue weighted by molar-refractivity contribution is 6.16. The maximum atomic E-state index is 13.5. The summed E-state index contributed by atoms with van der Waals surface area (Å²) in [7, 11) is 1.70. The van der Waals surface area contributed by atoms with E-state index in [1.54, 1.807) is 30.2 Å². The van der Waals surface area contributed by atoms with Crippen LogP contribution in [0.15, 0.2) is 77.4 Å². The number of likely N-dealkylation sites (N-methyl/N-ethyl adjacent to an activating group) is 1. The molecule has 1 unspecified atom stereocenters. The summed E-state index contributed by atoms with van der Waals surface area (Å²) < 4.78 is 11.5. The number of hydrogen-bond donors (Lipinski definition) is 0. The van der Waals surface area contributed by atoms with Gasteiger partial charge in [0.25, 0.3) is 17.5 Å². The number of hydrogen-bond acceptors (Lipinski definition) is 4. The molecule has 2 aromatic carbocycles. The third-order valence-corrected chi connectivity index (χ3v) is 5.36. The fourth-order valence-electron chi connectivity index (χ4n) is 4.02. The van der Waals surface area contributed by atoms with Crippen LogP contribution in [0.2, 0.25) is 0 Å². The van der Waals surface area contributed by atoms with Crippen LogP contribution in [0.1, 0.15) is 16.9 Å². The first-order valence-corrected chi connectivity index (χ1v) is 9.28. The molecule has 2 aliphatic heterocycles. The van der Waals surface area contributed by atoms with Gasteiger partial charge in [0.1, 0.15) is 5.76 Å². The van der Waals surface area contributed by atoms with Crippen molar-refractivity contribution in [2.24, 2.45) is 0 Å². The van der Waals surface area contributed by atoms with Crippen molar-refractivity contribution in [3.63, 3.8) is 0 Å². The lowest BCUT2D eigenvalue weighted by molar-refractivity contribution is -0.151. The molecule has 0 aliphatic carbocycles. The molecule has 1 spiro atoms. The molecule has 144 valence electrons. The molecule has 1 aromatic heterocycles. The molecular weight excluding hydrogens is 368 g/mol. The van der Waals surface area contributed by atoms with Crippen LogP contribution < -0.4 is 9.80 Å².